The molecule has 0 radical (unpaired) electrons. The number of aromatic amines is 1. The lowest BCUT2D eigenvalue weighted by Gasteiger charge is -2.22. The van der Waals surface area contributed by atoms with Crippen molar-refractivity contribution in [2.45, 2.75) is 18.9 Å². The van der Waals surface area contributed by atoms with Crippen LogP contribution in [-0.2, 0) is 0 Å². The van der Waals surface area contributed by atoms with E-state index in [0.29, 0.717) is 6.04 Å². The van der Waals surface area contributed by atoms with Crippen LogP contribution in [0.4, 0.5) is 0 Å². The average molecular weight is 200 g/mol. The van der Waals surface area contributed by atoms with E-state index in [9.17, 15) is 0 Å². The van der Waals surface area contributed by atoms with Crippen molar-refractivity contribution < 1.29 is 0 Å². The number of nitrogens with zero attached hydrogens (tertiary/aromatic N) is 1. The van der Waals surface area contributed by atoms with Crippen LogP contribution in [0.25, 0.3) is 0 Å². The quantitative estimate of drug-likeness (QED) is 0.703. The molecule has 2 nitrogen and oxygen atoms in total. The second kappa shape index (κ2) is 3.66. The van der Waals surface area contributed by atoms with Crippen molar-refractivity contribution in [1.82, 2.24) is 9.55 Å². The van der Waals surface area contributed by atoms with Crippen LogP contribution in [-0.4, -0.2) is 21.1 Å². The standard InChI is InChI=1S/C8H12N2S2/c11-8-9-3-4-10(8)7-1-5-12-6-2-7/h3-4,7H,1-2,5-6H2,(H,9,11). The van der Waals surface area contributed by atoms with Gasteiger partial charge in [-0.3, -0.25) is 0 Å². The molecule has 0 atom stereocenters. The minimum absolute atomic E-state index is 0.644. The van der Waals surface area contributed by atoms with E-state index in [0.717, 1.165) is 4.77 Å². The summed E-state index contributed by atoms with van der Waals surface area (Å²) in [5.41, 5.74) is 0. The average Bonchev–Trinajstić information content (AvgIpc) is 2.53. The van der Waals surface area contributed by atoms with Crippen LogP contribution in [0.15, 0.2) is 12.4 Å². The van der Waals surface area contributed by atoms with E-state index in [1.165, 1.54) is 24.3 Å². The normalized spacial score (nSPS) is 19.7. The van der Waals surface area contributed by atoms with Crippen LogP contribution in [0.3, 0.4) is 0 Å². The summed E-state index contributed by atoms with van der Waals surface area (Å²) in [6.07, 6.45) is 6.50. The molecule has 66 valence electrons. The summed E-state index contributed by atoms with van der Waals surface area (Å²) >= 11 is 7.21. The number of hydrogen-bond donors (Lipinski definition) is 1. The molecule has 1 aliphatic rings. The Morgan fingerprint density at radius 3 is 2.83 bits per heavy atom. The predicted molar refractivity (Wildman–Crippen MR) is 55.2 cm³/mol. The second-order valence-electron chi connectivity index (χ2n) is 3.02. The van der Waals surface area contributed by atoms with Gasteiger partial charge in [0.1, 0.15) is 0 Å². The lowest BCUT2D eigenvalue weighted by Crippen LogP contribution is -2.14. The van der Waals surface area contributed by atoms with Gasteiger partial charge in [0.15, 0.2) is 4.77 Å². The van der Waals surface area contributed by atoms with Crippen molar-refractivity contribution in [1.29, 1.82) is 0 Å². The van der Waals surface area contributed by atoms with Gasteiger partial charge in [-0.05, 0) is 36.6 Å². The zero-order valence-electron chi connectivity index (χ0n) is 6.82. The molecule has 0 bridgehead atoms. The third-order valence-electron chi connectivity index (χ3n) is 2.26. The van der Waals surface area contributed by atoms with E-state index in [2.05, 4.69) is 15.7 Å². The summed E-state index contributed by atoms with van der Waals surface area (Å²) in [7, 11) is 0. The van der Waals surface area contributed by atoms with Gasteiger partial charge in [-0.15, -0.1) is 0 Å². The molecule has 4 heteroatoms. The highest BCUT2D eigenvalue weighted by Gasteiger charge is 2.14. The van der Waals surface area contributed by atoms with Gasteiger partial charge in [0.25, 0.3) is 0 Å². The van der Waals surface area contributed by atoms with Gasteiger partial charge in [0.05, 0.1) is 0 Å². The summed E-state index contributed by atoms with van der Waals surface area (Å²) in [4.78, 5) is 3.04. The largest absolute Gasteiger partial charge is 0.337 e. The molecule has 0 saturated carbocycles. The highest BCUT2D eigenvalue weighted by Crippen LogP contribution is 2.26. The monoisotopic (exact) mass is 200 g/mol. The molecule has 0 unspecified atom stereocenters. The molecule has 1 saturated heterocycles. The number of imidazole rings is 1. The maximum atomic E-state index is 5.17. The van der Waals surface area contributed by atoms with Gasteiger partial charge in [-0.2, -0.15) is 11.8 Å². The van der Waals surface area contributed by atoms with E-state index in [4.69, 9.17) is 12.2 Å². The molecule has 0 aliphatic carbocycles. The Kier molecular flexibility index (Phi) is 2.56. The third kappa shape index (κ3) is 1.59. The van der Waals surface area contributed by atoms with E-state index in [1.54, 1.807) is 0 Å². The zero-order valence-corrected chi connectivity index (χ0v) is 8.46. The number of aromatic nitrogens is 2. The van der Waals surface area contributed by atoms with E-state index in [-0.39, 0.29) is 0 Å². The summed E-state index contributed by atoms with van der Waals surface area (Å²) in [5.74, 6) is 2.55. The molecule has 2 rings (SSSR count). The van der Waals surface area contributed by atoms with Crippen LogP contribution in [0.5, 0.6) is 0 Å². The van der Waals surface area contributed by atoms with Crippen LogP contribution in [0.2, 0.25) is 0 Å². The molecule has 1 aromatic rings. The van der Waals surface area contributed by atoms with Crippen LogP contribution in [0, 0.1) is 4.77 Å². The molecule has 0 amide bonds. The third-order valence-corrected chi connectivity index (χ3v) is 3.64. The topological polar surface area (TPSA) is 20.7 Å². The maximum absolute atomic E-state index is 5.17. The first kappa shape index (κ1) is 8.38. The number of H-pyrrole nitrogens is 1. The fraction of sp³-hybridized carbons (Fsp3) is 0.625. The molecule has 0 aromatic carbocycles. The molecule has 2 heterocycles. The number of hydrogen-bond acceptors (Lipinski definition) is 2. The minimum atomic E-state index is 0.644. The Bertz CT molecular complexity index is 296. The lowest BCUT2D eigenvalue weighted by atomic mass is 10.1. The molecular formula is C8H12N2S2. The van der Waals surface area contributed by atoms with Crippen molar-refractivity contribution in [3.05, 3.63) is 17.2 Å². The van der Waals surface area contributed by atoms with Crippen molar-refractivity contribution in [3.63, 3.8) is 0 Å². The molecule has 1 aliphatic heterocycles. The van der Waals surface area contributed by atoms with Crippen LogP contribution in [0.1, 0.15) is 18.9 Å². The molecule has 1 N–H and O–H groups in total. The van der Waals surface area contributed by atoms with Gasteiger partial charge in [0.2, 0.25) is 0 Å². The Hall–Kier alpha value is -0.220. The van der Waals surface area contributed by atoms with Crippen molar-refractivity contribution >= 4 is 24.0 Å². The highest BCUT2D eigenvalue weighted by molar-refractivity contribution is 7.99. The fourth-order valence-corrected chi connectivity index (χ4v) is 2.94. The fourth-order valence-electron chi connectivity index (χ4n) is 1.58. The first-order valence-corrected chi connectivity index (χ1v) is 5.77. The molecule has 0 spiro atoms. The van der Waals surface area contributed by atoms with Gasteiger partial charge < -0.3 is 9.55 Å². The first-order chi connectivity index (χ1) is 5.88. The smallest absolute Gasteiger partial charge is 0.177 e. The Labute approximate surface area is 81.4 Å². The Balaban J connectivity index is 2.18. The first-order valence-electron chi connectivity index (χ1n) is 4.21. The summed E-state index contributed by atoms with van der Waals surface area (Å²) in [6.45, 7) is 0. The summed E-state index contributed by atoms with van der Waals surface area (Å²) in [6, 6.07) is 0.644. The van der Waals surface area contributed by atoms with E-state index in [1.807, 2.05) is 18.0 Å². The number of nitrogens with one attached hydrogen (secondary N) is 1. The van der Waals surface area contributed by atoms with Gasteiger partial charge in [-0.1, -0.05) is 0 Å². The Morgan fingerprint density at radius 1 is 1.50 bits per heavy atom. The molecule has 12 heavy (non-hydrogen) atoms. The molecule has 1 aromatic heterocycles. The number of thioether (sulfide) groups is 1. The summed E-state index contributed by atoms with van der Waals surface area (Å²) in [5, 5.41) is 0. The second-order valence-corrected chi connectivity index (χ2v) is 4.63. The van der Waals surface area contributed by atoms with Crippen LogP contribution >= 0.6 is 24.0 Å². The SMILES string of the molecule is S=c1[nH]ccn1C1CCSCC1. The molecular weight excluding hydrogens is 188 g/mol. The zero-order chi connectivity index (χ0) is 8.39. The van der Waals surface area contributed by atoms with Crippen molar-refractivity contribution in [2.75, 3.05) is 11.5 Å². The summed E-state index contributed by atoms with van der Waals surface area (Å²) < 4.78 is 3.06. The Morgan fingerprint density at radius 2 is 2.25 bits per heavy atom. The van der Waals surface area contributed by atoms with Crippen LogP contribution < -0.4 is 0 Å². The van der Waals surface area contributed by atoms with Gasteiger partial charge in [-0.25, -0.2) is 0 Å². The van der Waals surface area contributed by atoms with E-state index < -0.39 is 0 Å². The molecule has 1 fully saturated rings. The van der Waals surface area contributed by atoms with E-state index >= 15 is 0 Å². The number of rotatable bonds is 1. The van der Waals surface area contributed by atoms with Crippen molar-refractivity contribution in [2.24, 2.45) is 0 Å². The van der Waals surface area contributed by atoms with Gasteiger partial charge >= 0.3 is 0 Å². The maximum Gasteiger partial charge on any atom is 0.177 e. The lowest BCUT2D eigenvalue weighted by molar-refractivity contribution is 0.464. The van der Waals surface area contributed by atoms with Gasteiger partial charge in [0, 0.05) is 18.4 Å². The van der Waals surface area contributed by atoms with Crippen molar-refractivity contribution in [3.8, 4) is 0 Å². The predicted octanol–water partition coefficient (Wildman–Crippen LogP) is 2.61. The minimum Gasteiger partial charge on any atom is -0.337 e. The highest BCUT2D eigenvalue weighted by atomic mass is 32.2.